The molecule has 76 valence electrons. The van der Waals surface area contributed by atoms with Gasteiger partial charge in [0.15, 0.2) is 14.9 Å². The highest BCUT2D eigenvalue weighted by Gasteiger charge is 2.02. The smallest absolute Gasteiger partial charge is 0.185 e. The predicted octanol–water partition coefficient (Wildman–Crippen LogP) is 3.17. The summed E-state index contributed by atoms with van der Waals surface area (Å²) in [7, 11) is 0. The minimum atomic E-state index is 0.417. The standard InChI is InChI=1S/C9H6ClN3S2/c10-6-3-1-5(2-4-6)7-12-8(11)15-9(14)13-7/h1-4H,(H2,11,12,13,14). The fraction of sp³-hybridized carbons (Fsp3) is 0. The maximum absolute atomic E-state index is 5.78. The van der Waals surface area contributed by atoms with E-state index in [2.05, 4.69) is 9.97 Å². The first kappa shape index (κ1) is 10.5. The quantitative estimate of drug-likeness (QED) is 0.796. The number of hydrogen-bond donors (Lipinski definition) is 1. The molecule has 15 heavy (non-hydrogen) atoms. The Morgan fingerprint density at radius 1 is 1.20 bits per heavy atom. The van der Waals surface area contributed by atoms with Crippen molar-refractivity contribution in [1.82, 2.24) is 9.97 Å². The lowest BCUT2D eigenvalue weighted by atomic mass is 10.2. The molecule has 2 N–H and O–H groups in total. The molecular weight excluding hydrogens is 250 g/mol. The largest absolute Gasteiger partial charge is 0.375 e. The van der Waals surface area contributed by atoms with Crippen LogP contribution in [-0.4, -0.2) is 9.97 Å². The molecule has 0 aliphatic heterocycles. The molecule has 3 nitrogen and oxygen atoms in total. The van der Waals surface area contributed by atoms with Gasteiger partial charge in [0.2, 0.25) is 0 Å². The van der Waals surface area contributed by atoms with Crippen molar-refractivity contribution in [2.45, 2.75) is 0 Å². The first-order chi connectivity index (χ1) is 7.15. The number of nitrogens with zero attached hydrogens (tertiary/aromatic N) is 2. The molecule has 0 aliphatic rings. The van der Waals surface area contributed by atoms with Crippen molar-refractivity contribution in [2.75, 3.05) is 5.73 Å². The zero-order valence-electron chi connectivity index (χ0n) is 7.48. The van der Waals surface area contributed by atoms with Gasteiger partial charge < -0.3 is 5.73 Å². The van der Waals surface area contributed by atoms with Gasteiger partial charge in [0.05, 0.1) is 0 Å². The first-order valence-electron chi connectivity index (χ1n) is 4.06. The van der Waals surface area contributed by atoms with Crippen molar-refractivity contribution < 1.29 is 0 Å². The molecule has 0 amide bonds. The number of hydrogen-bond acceptors (Lipinski definition) is 5. The summed E-state index contributed by atoms with van der Waals surface area (Å²) >= 11 is 11.9. The lowest BCUT2D eigenvalue weighted by molar-refractivity contribution is 1.22. The van der Waals surface area contributed by atoms with Crippen molar-refractivity contribution >= 4 is 40.3 Å². The van der Waals surface area contributed by atoms with E-state index in [0.717, 1.165) is 5.56 Å². The minimum Gasteiger partial charge on any atom is -0.375 e. The van der Waals surface area contributed by atoms with E-state index in [1.54, 1.807) is 12.1 Å². The summed E-state index contributed by atoms with van der Waals surface area (Å²) in [6, 6.07) is 7.21. The third-order valence-electron chi connectivity index (χ3n) is 1.71. The number of benzene rings is 1. The van der Waals surface area contributed by atoms with Gasteiger partial charge in [-0.15, -0.1) is 0 Å². The molecule has 1 aromatic heterocycles. The van der Waals surface area contributed by atoms with Crippen molar-refractivity contribution in [1.29, 1.82) is 0 Å². The van der Waals surface area contributed by atoms with E-state index in [-0.39, 0.29) is 0 Å². The molecule has 0 atom stereocenters. The Bertz CT molecular complexity index is 536. The SMILES string of the molecule is Nc1nc(-c2ccc(Cl)cc2)nc(=S)s1. The molecular formula is C9H6ClN3S2. The molecule has 0 radical (unpaired) electrons. The summed E-state index contributed by atoms with van der Waals surface area (Å²) in [6.07, 6.45) is 0. The van der Waals surface area contributed by atoms with E-state index in [1.807, 2.05) is 12.1 Å². The Labute approximate surface area is 101 Å². The highest BCUT2D eigenvalue weighted by molar-refractivity contribution is 7.73. The first-order valence-corrected chi connectivity index (χ1v) is 5.66. The van der Waals surface area contributed by atoms with Crippen LogP contribution in [-0.2, 0) is 0 Å². The third-order valence-corrected chi connectivity index (χ3v) is 2.87. The molecule has 0 saturated heterocycles. The van der Waals surface area contributed by atoms with Gasteiger partial charge >= 0.3 is 0 Å². The van der Waals surface area contributed by atoms with Crippen LogP contribution in [0.2, 0.25) is 5.02 Å². The van der Waals surface area contributed by atoms with Crippen LogP contribution in [0.4, 0.5) is 5.13 Å². The molecule has 2 aromatic rings. The average molecular weight is 256 g/mol. The lowest BCUT2D eigenvalue weighted by Crippen LogP contribution is -1.93. The third kappa shape index (κ3) is 2.50. The average Bonchev–Trinajstić information content (AvgIpc) is 2.17. The van der Waals surface area contributed by atoms with Crippen molar-refractivity contribution in [3.63, 3.8) is 0 Å². The van der Waals surface area contributed by atoms with Crippen LogP contribution in [0.3, 0.4) is 0 Å². The Balaban J connectivity index is 2.54. The van der Waals surface area contributed by atoms with Crippen LogP contribution in [0.25, 0.3) is 11.4 Å². The molecule has 1 heterocycles. The highest BCUT2D eigenvalue weighted by atomic mass is 35.5. The summed E-state index contributed by atoms with van der Waals surface area (Å²) in [5.41, 5.74) is 6.45. The maximum atomic E-state index is 5.78. The predicted molar refractivity (Wildman–Crippen MR) is 65.6 cm³/mol. The molecule has 1 aromatic carbocycles. The van der Waals surface area contributed by atoms with Crippen LogP contribution < -0.4 is 5.73 Å². The fourth-order valence-corrected chi connectivity index (χ4v) is 1.99. The molecule has 0 saturated carbocycles. The number of rotatable bonds is 1. The van der Waals surface area contributed by atoms with Gasteiger partial charge in [0.25, 0.3) is 0 Å². The number of aromatic nitrogens is 2. The zero-order valence-corrected chi connectivity index (χ0v) is 9.86. The Kier molecular flexibility index (Phi) is 2.95. The van der Waals surface area contributed by atoms with Crippen molar-refractivity contribution in [2.24, 2.45) is 0 Å². The number of anilines is 1. The normalized spacial score (nSPS) is 10.2. The molecule has 0 bridgehead atoms. The zero-order chi connectivity index (χ0) is 10.8. The number of halogens is 1. The van der Waals surface area contributed by atoms with Crippen LogP contribution in [0, 0.1) is 3.95 Å². The topological polar surface area (TPSA) is 51.8 Å². The Morgan fingerprint density at radius 3 is 2.47 bits per heavy atom. The van der Waals surface area contributed by atoms with Gasteiger partial charge in [-0.2, -0.15) is 0 Å². The maximum Gasteiger partial charge on any atom is 0.185 e. The second-order valence-electron chi connectivity index (χ2n) is 2.76. The number of nitrogens with two attached hydrogens (primary N) is 1. The van der Waals surface area contributed by atoms with Crippen LogP contribution >= 0.6 is 35.2 Å². The van der Waals surface area contributed by atoms with Gasteiger partial charge in [-0.3, -0.25) is 0 Å². The van der Waals surface area contributed by atoms with E-state index in [9.17, 15) is 0 Å². The molecule has 6 heteroatoms. The summed E-state index contributed by atoms with van der Waals surface area (Å²) in [6.45, 7) is 0. The van der Waals surface area contributed by atoms with E-state index in [1.165, 1.54) is 11.3 Å². The fourth-order valence-electron chi connectivity index (χ4n) is 1.08. The molecule has 0 unspecified atom stereocenters. The van der Waals surface area contributed by atoms with Gasteiger partial charge in [-0.25, -0.2) is 9.97 Å². The van der Waals surface area contributed by atoms with Crippen LogP contribution in [0.5, 0.6) is 0 Å². The molecule has 2 rings (SSSR count). The summed E-state index contributed by atoms with van der Waals surface area (Å²) in [5, 5.41) is 1.09. The molecule has 0 aliphatic carbocycles. The van der Waals surface area contributed by atoms with Crippen molar-refractivity contribution in [3.8, 4) is 11.4 Å². The van der Waals surface area contributed by atoms with E-state index in [0.29, 0.717) is 19.9 Å². The lowest BCUT2D eigenvalue weighted by Gasteiger charge is -1.99. The Morgan fingerprint density at radius 2 is 1.87 bits per heavy atom. The second kappa shape index (κ2) is 4.22. The highest BCUT2D eigenvalue weighted by Crippen LogP contribution is 2.20. The minimum absolute atomic E-state index is 0.417. The van der Waals surface area contributed by atoms with Gasteiger partial charge in [0.1, 0.15) is 0 Å². The van der Waals surface area contributed by atoms with E-state index < -0.39 is 0 Å². The molecule has 0 spiro atoms. The summed E-state index contributed by atoms with van der Waals surface area (Å²) in [5.74, 6) is 0.535. The van der Waals surface area contributed by atoms with Crippen LogP contribution in [0.15, 0.2) is 24.3 Å². The summed E-state index contributed by atoms with van der Waals surface area (Å²) < 4.78 is 0.479. The van der Waals surface area contributed by atoms with Gasteiger partial charge in [0, 0.05) is 10.6 Å². The monoisotopic (exact) mass is 255 g/mol. The molecule has 0 fully saturated rings. The second-order valence-corrected chi connectivity index (χ2v) is 4.85. The van der Waals surface area contributed by atoms with Crippen LogP contribution in [0.1, 0.15) is 0 Å². The van der Waals surface area contributed by atoms with E-state index in [4.69, 9.17) is 29.6 Å². The van der Waals surface area contributed by atoms with Gasteiger partial charge in [-0.05, 0) is 36.5 Å². The Hall–Kier alpha value is -1.04. The summed E-state index contributed by atoms with van der Waals surface area (Å²) in [4.78, 5) is 8.24. The number of nitrogen functional groups attached to an aromatic ring is 1. The van der Waals surface area contributed by atoms with E-state index >= 15 is 0 Å². The van der Waals surface area contributed by atoms with Gasteiger partial charge in [-0.1, -0.05) is 22.9 Å². The van der Waals surface area contributed by atoms with Crippen molar-refractivity contribution in [3.05, 3.63) is 33.2 Å².